The number of carbonyl (C=O) groups is 1. The van der Waals surface area contributed by atoms with Gasteiger partial charge < -0.3 is 40.3 Å². The molecule has 0 aromatic carbocycles. The van der Waals surface area contributed by atoms with E-state index in [4.69, 9.17) is 9.47 Å². The van der Waals surface area contributed by atoms with Crippen LogP contribution in [-0.2, 0) is 14.3 Å². The SMILES string of the molecule is CCCCCCCC/C=C\CCCCCCCCCC(=O)NC(COC1OC(CO)C(O)C(O)C1O)C(O)CCCCCCCCCCCCC. The Labute approximate surface area is 312 Å². The maximum absolute atomic E-state index is 12.9. The molecule has 1 fully saturated rings. The van der Waals surface area contributed by atoms with Crippen LogP contribution in [0.15, 0.2) is 12.2 Å². The molecule has 0 aliphatic carbocycles. The fraction of sp³-hybridized carbons (Fsp3) is 0.929. The summed E-state index contributed by atoms with van der Waals surface area (Å²) in [4.78, 5) is 12.9. The van der Waals surface area contributed by atoms with E-state index in [0.29, 0.717) is 12.8 Å². The molecule has 0 spiro atoms. The van der Waals surface area contributed by atoms with Gasteiger partial charge in [0.1, 0.15) is 24.4 Å². The van der Waals surface area contributed by atoms with Gasteiger partial charge in [-0.25, -0.2) is 0 Å². The van der Waals surface area contributed by atoms with Crippen molar-refractivity contribution in [2.24, 2.45) is 0 Å². The Morgan fingerprint density at radius 2 is 1.10 bits per heavy atom. The molecule has 0 aromatic rings. The third-order valence-electron chi connectivity index (χ3n) is 10.4. The zero-order valence-corrected chi connectivity index (χ0v) is 32.9. The van der Waals surface area contributed by atoms with Crippen molar-refractivity contribution in [2.75, 3.05) is 13.2 Å². The first-order valence-electron chi connectivity index (χ1n) is 21.4. The van der Waals surface area contributed by atoms with Crippen molar-refractivity contribution in [1.82, 2.24) is 5.32 Å². The van der Waals surface area contributed by atoms with Gasteiger partial charge in [0.2, 0.25) is 5.91 Å². The number of aliphatic hydroxyl groups is 5. The molecule has 1 aliphatic rings. The van der Waals surface area contributed by atoms with Gasteiger partial charge in [0.25, 0.3) is 0 Å². The number of unbranched alkanes of at least 4 members (excludes halogenated alkanes) is 23. The first-order chi connectivity index (χ1) is 24.8. The van der Waals surface area contributed by atoms with Crippen molar-refractivity contribution in [3.63, 3.8) is 0 Å². The first-order valence-corrected chi connectivity index (χ1v) is 21.4. The number of carbonyl (C=O) groups excluding carboxylic acids is 1. The van der Waals surface area contributed by atoms with Crippen LogP contribution >= 0.6 is 0 Å². The molecule has 0 radical (unpaired) electrons. The van der Waals surface area contributed by atoms with E-state index < -0.39 is 49.5 Å². The lowest BCUT2D eigenvalue weighted by Gasteiger charge is -2.40. The average molecular weight is 728 g/mol. The van der Waals surface area contributed by atoms with Crippen molar-refractivity contribution >= 4 is 5.91 Å². The molecule has 1 amide bonds. The van der Waals surface area contributed by atoms with Crippen LogP contribution in [-0.4, -0.2) is 87.5 Å². The van der Waals surface area contributed by atoms with E-state index in [1.807, 2.05) is 0 Å². The van der Waals surface area contributed by atoms with E-state index in [9.17, 15) is 30.3 Å². The van der Waals surface area contributed by atoms with Gasteiger partial charge >= 0.3 is 0 Å². The molecule has 1 aliphatic heterocycles. The van der Waals surface area contributed by atoms with E-state index in [0.717, 1.165) is 38.5 Å². The predicted molar refractivity (Wildman–Crippen MR) is 207 cm³/mol. The third kappa shape index (κ3) is 24.8. The summed E-state index contributed by atoms with van der Waals surface area (Å²) in [7, 11) is 0. The average Bonchev–Trinajstić information content (AvgIpc) is 3.13. The minimum absolute atomic E-state index is 0.137. The predicted octanol–water partition coefficient (Wildman–Crippen LogP) is 8.17. The van der Waals surface area contributed by atoms with Gasteiger partial charge in [0, 0.05) is 6.42 Å². The second kappa shape index (κ2) is 33.5. The molecule has 1 heterocycles. The molecule has 9 heteroatoms. The molecule has 1 saturated heterocycles. The van der Waals surface area contributed by atoms with Crippen molar-refractivity contribution in [3.8, 4) is 0 Å². The van der Waals surface area contributed by atoms with Crippen LogP contribution in [0.4, 0.5) is 0 Å². The summed E-state index contributed by atoms with van der Waals surface area (Å²) in [6, 6.07) is -0.715. The molecular formula is C42H81NO8. The van der Waals surface area contributed by atoms with E-state index in [1.165, 1.54) is 128 Å². The molecule has 0 saturated carbocycles. The first kappa shape index (κ1) is 48.0. The summed E-state index contributed by atoms with van der Waals surface area (Å²) in [5.41, 5.74) is 0. The Bertz CT molecular complexity index is 812. The summed E-state index contributed by atoms with van der Waals surface area (Å²) in [5, 5.41) is 54.1. The number of hydrogen-bond donors (Lipinski definition) is 6. The van der Waals surface area contributed by atoms with Gasteiger partial charge in [-0.1, -0.05) is 161 Å². The molecule has 0 aromatic heterocycles. The van der Waals surface area contributed by atoms with Gasteiger partial charge in [-0.2, -0.15) is 0 Å². The summed E-state index contributed by atoms with van der Waals surface area (Å²) in [6.45, 7) is 3.81. The Morgan fingerprint density at radius 1 is 0.647 bits per heavy atom. The Balaban J connectivity index is 2.35. The van der Waals surface area contributed by atoms with Crippen LogP contribution in [0.5, 0.6) is 0 Å². The summed E-state index contributed by atoms with van der Waals surface area (Å²) >= 11 is 0. The zero-order chi connectivity index (χ0) is 37.4. The smallest absolute Gasteiger partial charge is 0.220 e. The van der Waals surface area contributed by atoms with Crippen LogP contribution in [0.2, 0.25) is 0 Å². The highest BCUT2D eigenvalue weighted by Crippen LogP contribution is 2.23. The maximum atomic E-state index is 12.9. The van der Waals surface area contributed by atoms with Crippen molar-refractivity contribution in [3.05, 3.63) is 12.2 Å². The number of rotatable bonds is 35. The number of aliphatic hydroxyl groups excluding tert-OH is 5. The molecular weight excluding hydrogens is 646 g/mol. The van der Waals surface area contributed by atoms with Crippen LogP contribution in [0.1, 0.15) is 194 Å². The van der Waals surface area contributed by atoms with Gasteiger partial charge in [-0.05, 0) is 38.5 Å². The molecule has 51 heavy (non-hydrogen) atoms. The summed E-state index contributed by atoms with van der Waals surface area (Å²) in [5.74, 6) is -0.150. The van der Waals surface area contributed by atoms with Crippen molar-refractivity contribution in [2.45, 2.75) is 236 Å². The minimum Gasteiger partial charge on any atom is -0.394 e. The molecule has 6 N–H and O–H groups in total. The Hall–Kier alpha value is -1.07. The number of amides is 1. The van der Waals surface area contributed by atoms with Gasteiger partial charge in [-0.15, -0.1) is 0 Å². The molecule has 7 unspecified atom stereocenters. The van der Waals surface area contributed by atoms with Crippen molar-refractivity contribution in [1.29, 1.82) is 0 Å². The highest BCUT2D eigenvalue weighted by molar-refractivity contribution is 5.76. The highest BCUT2D eigenvalue weighted by atomic mass is 16.7. The highest BCUT2D eigenvalue weighted by Gasteiger charge is 2.44. The van der Waals surface area contributed by atoms with Crippen molar-refractivity contribution < 1.29 is 39.8 Å². The van der Waals surface area contributed by atoms with Crippen LogP contribution in [0, 0.1) is 0 Å². The minimum atomic E-state index is -1.55. The van der Waals surface area contributed by atoms with Crippen LogP contribution < -0.4 is 5.32 Å². The molecule has 1 rings (SSSR count). The van der Waals surface area contributed by atoms with Gasteiger partial charge in [0.05, 0.1) is 25.4 Å². The number of allylic oxidation sites excluding steroid dienone is 2. The van der Waals surface area contributed by atoms with Gasteiger partial charge in [-0.3, -0.25) is 4.79 Å². The van der Waals surface area contributed by atoms with Crippen LogP contribution in [0.3, 0.4) is 0 Å². The lowest BCUT2D eigenvalue weighted by atomic mass is 9.99. The molecule has 9 nitrogen and oxygen atoms in total. The number of hydrogen-bond acceptors (Lipinski definition) is 8. The molecule has 302 valence electrons. The van der Waals surface area contributed by atoms with E-state index in [2.05, 4.69) is 31.3 Å². The maximum Gasteiger partial charge on any atom is 0.220 e. The largest absolute Gasteiger partial charge is 0.394 e. The number of nitrogens with one attached hydrogen (secondary N) is 1. The summed E-state index contributed by atoms with van der Waals surface area (Å²) < 4.78 is 11.2. The Morgan fingerprint density at radius 3 is 1.59 bits per heavy atom. The third-order valence-corrected chi connectivity index (χ3v) is 10.4. The lowest BCUT2D eigenvalue weighted by Crippen LogP contribution is -2.60. The second-order valence-electron chi connectivity index (χ2n) is 15.1. The van der Waals surface area contributed by atoms with Crippen LogP contribution in [0.25, 0.3) is 0 Å². The Kier molecular flexibility index (Phi) is 31.5. The fourth-order valence-electron chi connectivity index (χ4n) is 6.86. The lowest BCUT2D eigenvalue weighted by molar-refractivity contribution is -0.302. The topological polar surface area (TPSA) is 149 Å². The molecule has 0 bridgehead atoms. The van der Waals surface area contributed by atoms with E-state index >= 15 is 0 Å². The zero-order valence-electron chi connectivity index (χ0n) is 32.9. The normalized spacial score (nSPS) is 22.1. The van der Waals surface area contributed by atoms with E-state index in [-0.39, 0.29) is 12.5 Å². The fourth-order valence-corrected chi connectivity index (χ4v) is 6.86. The van der Waals surface area contributed by atoms with E-state index in [1.54, 1.807) is 0 Å². The number of ether oxygens (including phenoxy) is 2. The second-order valence-corrected chi connectivity index (χ2v) is 15.1. The van der Waals surface area contributed by atoms with Gasteiger partial charge in [0.15, 0.2) is 6.29 Å². The quantitative estimate of drug-likeness (QED) is 0.0283. The monoisotopic (exact) mass is 728 g/mol. The standard InChI is InChI=1S/C42H81NO8/c1-3-5-7-9-11-13-15-16-17-18-19-20-22-24-26-28-30-32-38(46)43-35(34-50-42-41(49)40(48)39(47)37(33-44)51-42)36(45)31-29-27-25-23-21-14-12-10-8-6-4-2/h16-17,35-37,39-42,44-45,47-49H,3-15,18-34H2,1-2H3,(H,43,46)/b17-16-. The molecule has 7 atom stereocenters. The summed E-state index contributed by atoms with van der Waals surface area (Å²) in [6.07, 6.45) is 29.3.